The lowest BCUT2D eigenvalue weighted by atomic mass is 10.1. The molecule has 0 unspecified atom stereocenters. The smallest absolute Gasteiger partial charge is 0.273 e. The Morgan fingerprint density at radius 2 is 1.74 bits per heavy atom. The minimum atomic E-state index is -0.519. The Bertz CT molecular complexity index is 937. The fraction of sp³-hybridized carbons (Fsp3) is 0.318. The molecule has 0 aromatic heterocycles. The average Bonchev–Trinajstić information content (AvgIpc) is 2.73. The number of halogens is 2. The molecule has 0 saturated heterocycles. The van der Waals surface area contributed by atoms with Gasteiger partial charge in [-0.3, -0.25) is 25.2 Å². The lowest BCUT2D eigenvalue weighted by Crippen LogP contribution is -2.42. The summed E-state index contributed by atoms with van der Waals surface area (Å²) in [6, 6.07) is 11.9. The van der Waals surface area contributed by atoms with Gasteiger partial charge in [0.15, 0.2) is 0 Å². The zero-order chi connectivity index (χ0) is 22.8. The van der Waals surface area contributed by atoms with E-state index in [0.29, 0.717) is 33.5 Å². The molecule has 0 aliphatic rings. The molecule has 9 heteroatoms. The Hall–Kier alpha value is -2.58. The van der Waals surface area contributed by atoms with E-state index in [-0.39, 0.29) is 24.3 Å². The van der Waals surface area contributed by atoms with Gasteiger partial charge in [-0.05, 0) is 42.7 Å². The lowest BCUT2D eigenvalue weighted by Gasteiger charge is -2.13. The highest BCUT2D eigenvalue weighted by Crippen LogP contribution is 2.24. The SMILES string of the molecule is CC(C)CCOc1ccc(Br)cc1C(=O)NNC(=O)CCC(=O)Nc1ccccc1Cl. The molecule has 0 spiro atoms. The van der Waals surface area contributed by atoms with Gasteiger partial charge in [0.1, 0.15) is 5.75 Å². The molecule has 0 bridgehead atoms. The van der Waals surface area contributed by atoms with Crippen molar-refractivity contribution in [1.29, 1.82) is 0 Å². The third-order valence-electron chi connectivity index (χ3n) is 4.18. The molecule has 0 heterocycles. The summed E-state index contributed by atoms with van der Waals surface area (Å²) in [5.41, 5.74) is 5.43. The maximum atomic E-state index is 12.5. The van der Waals surface area contributed by atoms with Crippen molar-refractivity contribution in [2.45, 2.75) is 33.1 Å². The van der Waals surface area contributed by atoms with E-state index in [9.17, 15) is 14.4 Å². The van der Waals surface area contributed by atoms with Crippen LogP contribution in [0.1, 0.15) is 43.5 Å². The Labute approximate surface area is 195 Å². The van der Waals surface area contributed by atoms with E-state index >= 15 is 0 Å². The van der Waals surface area contributed by atoms with E-state index < -0.39 is 11.8 Å². The first-order valence-electron chi connectivity index (χ1n) is 9.82. The van der Waals surface area contributed by atoms with Crippen LogP contribution >= 0.6 is 27.5 Å². The molecule has 2 aromatic rings. The largest absolute Gasteiger partial charge is 0.493 e. The van der Waals surface area contributed by atoms with E-state index in [4.69, 9.17) is 16.3 Å². The molecule has 3 amide bonds. The van der Waals surface area contributed by atoms with E-state index in [0.717, 1.165) is 6.42 Å². The highest BCUT2D eigenvalue weighted by Gasteiger charge is 2.15. The van der Waals surface area contributed by atoms with Gasteiger partial charge in [-0.2, -0.15) is 0 Å². The first kappa shape index (κ1) is 24.7. The van der Waals surface area contributed by atoms with E-state index in [1.54, 1.807) is 42.5 Å². The summed E-state index contributed by atoms with van der Waals surface area (Å²) < 4.78 is 6.42. The van der Waals surface area contributed by atoms with Crippen LogP contribution in [0.15, 0.2) is 46.9 Å². The second kappa shape index (κ2) is 12.3. The van der Waals surface area contributed by atoms with Crippen molar-refractivity contribution < 1.29 is 19.1 Å². The summed E-state index contributed by atoms with van der Waals surface area (Å²) in [6.45, 7) is 4.65. The molecule has 0 atom stereocenters. The van der Waals surface area contributed by atoms with E-state index in [1.807, 2.05) is 0 Å². The fourth-order valence-electron chi connectivity index (χ4n) is 2.47. The molecule has 0 fully saturated rings. The Morgan fingerprint density at radius 1 is 1.03 bits per heavy atom. The predicted octanol–water partition coefficient (Wildman–Crippen LogP) is 4.71. The summed E-state index contributed by atoms with van der Waals surface area (Å²) >= 11 is 9.32. The van der Waals surface area contributed by atoms with Crippen LogP contribution in [0.5, 0.6) is 5.75 Å². The van der Waals surface area contributed by atoms with Gasteiger partial charge in [0.05, 0.1) is 22.9 Å². The molecule has 0 aliphatic carbocycles. The quantitative estimate of drug-likeness (QED) is 0.426. The van der Waals surface area contributed by atoms with Crippen molar-refractivity contribution in [3.63, 3.8) is 0 Å². The van der Waals surface area contributed by atoms with Crippen LogP contribution in [0.4, 0.5) is 5.69 Å². The third kappa shape index (κ3) is 8.59. The summed E-state index contributed by atoms with van der Waals surface area (Å²) in [5, 5.41) is 3.05. The van der Waals surface area contributed by atoms with Crippen molar-refractivity contribution >= 4 is 50.9 Å². The number of ether oxygens (including phenoxy) is 1. The number of hydrogen-bond donors (Lipinski definition) is 3. The van der Waals surface area contributed by atoms with Gasteiger partial charge >= 0.3 is 0 Å². The Morgan fingerprint density at radius 3 is 2.45 bits per heavy atom. The molecule has 31 heavy (non-hydrogen) atoms. The molecule has 166 valence electrons. The molecular weight excluding hydrogens is 486 g/mol. The molecular formula is C22H25BrClN3O4. The van der Waals surface area contributed by atoms with Gasteiger partial charge in [-0.15, -0.1) is 0 Å². The molecule has 0 aliphatic heterocycles. The predicted molar refractivity (Wildman–Crippen MR) is 124 cm³/mol. The number of benzene rings is 2. The fourth-order valence-corrected chi connectivity index (χ4v) is 3.01. The van der Waals surface area contributed by atoms with E-state index in [1.165, 1.54) is 0 Å². The van der Waals surface area contributed by atoms with Gasteiger partial charge in [-0.25, -0.2) is 0 Å². The molecule has 7 nitrogen and oxygen atoms in total. The van der Waals surface area contributed by atoms with Crippen LogP contribution in [-0.2, 0) is 9.59 Å². The van der Waals surface area contributed by atoms with E-state index in [2.05, 4.69) is 45.9 Å². The maximum absolute atomic E-state index is 12.5. The van der Waals surface area contributed by atoms with Crippen molar-refractivity contribution in [1.82, 2.24) is 10.9 Å². The van der Waals surface area contributed by atoms with Crippen LogP contribution in [0.2, 0.25) is 5.02 Å². The first-order valence-corrected chi connectivity index (χ1v) is 11.0. The zero-order valence-corrected chi connectivity index (χ0v) is 19.7. The van der Waals surface area contributed by atoms with Crippen LogP contribution in [0, 0.1) is 5.92 Å². The summed E-state index contributed by atoms with van der Waals surface area (Å²) in [7, 11) is 0. The highest BCUT2D eigenvalue weighted by molar-refractivity contribution is 9.10. The van der Waals surface area contributed by atoms with Crippen LogP contribution in [0.25, 0.3) is 0 Å². The van der Waals surface area contributed by atoms with Crippen molar-refractivity contribution in [3.8, 4) is 5.75 Å². The number of nitrogens with one attached hydrogen (secondary N) is 3. The van der Waals surface area contributed by atoms with Gasteiger partial charge in [0.2, 0.25) is 11.8 Å². The van der Waals surface area contributed by atoms with Gasteiger partial charge in [0, 0.05) is 17.3 Å². The van der Waals surface area contributed by atoms with Crippen molar-refractivity contribution in [3.05, 3.63) is 57.5 Å². The summed E-state index contributed by atoms with van der Waals surface area (Å²) in [4.78, 5) is 36.5. The third-order valence-corrected chi connectivity index (χ3v) is 5.00. The second-order valence-electron chi connectivity index (χ2n) is 7.20. The van der Waals surface area contributed by atoms with Crippen molar-refractivity contribution in [2.75, 3.05) is 11.9 Å². The monoisotopic (exact) mass is 509 g/mol. The first-order chi connectivity index (χ1) is 14.8. The summed E-state index contributed by atoms with van der Waals surface area (Å²) in [6.07, 6.45) is 0.685. The number of anilines is 1. The van der Waals surface area contributed by atoms with Gasteiger partial charge in [-0.1, -0.05) is 53.5 Å². The molecule has 0 radical (unpaired) electrons. The molecule has 2 rings (SSSR count). The zero-order valence-electron chi connectivity index (χ0n) is 17.3. The number of para-hydroxylation sites is 1. The minimum absolute atomic E-state index is 0.0621. The molecule has 0 saturated carbocycles. The number of hydrogen-bond acceptors (Lipinski definition) is 4. The Kier molecular flexibility index (Phi) is 9.81. The molecule has 3 N–H and O–H groups in total. The van der Waals surface area contributed by atoms with Gasteiger partial charge in [0.25, 0.3) is 5.91 Å². The number of hydrazine groups is 1. The van der Waals surface area contributed by atoms with Crippen LogP contribution < -0.4 is 20.9 Å². The van der Waals surface area contributed by atoms with Crippen LogP contribution in [-0.4, -0.2) is 24.3 Å². The lowest BCUT2D eigenvalue weighted by molar-refractivity contribution is -0.124. The second-order valence-corrected chi connectivity index (χ2v) is 8.52. The maximum Gasteiger partial charge on any atom is 0.273 e. The minimum Gasteiger partial charge on any atom is -0.493 e. The van der Waals surface area contributed by atoms with Gasteiger partial charge < -0.3 is 10.1 Å². The number of carbonyl (C=O) groups is 3. The average molecular weight is 511 g/mol. The molecule has 2 aromatic carbocycles. The highest BCUT2D eigenvalue weighted by atomic mass is 79.9. The number of amides is 3. The summed E-state index contributed by atoms with van der Waals surface area (Å²) in [5.74, 6) is -0.478. The Balaban J connectivity index is 1.83. The standard InChI is InChI=1S/C22H25BrClN3O4/c1-14(2)11-12-31-19-8-7-15(23)13-16(19)22(30)27-26-21(29)10-9-20(28)25-18-6-4-3-5-17(18)24/h3-8,13-14H,9-12H2,1-2H3,(H,25,28)(H,26,29)(H,27,30). The number of carbonyl (C=O) groups excluding carboxylic acids is 3. The topological polar surface area (TPSA) is 96.5 Å². The number of rotatable bonds is 9. The van der Waals surface area contributed by atoms with Crippen LogP contribution in [0.3, 0.4) is 0 Å². The normalized spacial score (nSPS) is 10.5. The van der Waals surface area contributed by atoms with Crippen molar-refractivity contribution in [2.24, 2.45) is 5.92 Å².